The highest BCUT2D eigenvalue weighted by Crippen LogP contribution is 2.56. The number of nitrogens with zero attached hydrogens (tertiary/aromatic N) is 2. The van der Waals surface area contributed by atoms with Crippen LogP contribution in [0, 0.1) is 0 Å². The first-order valence-corrected chi connectivity index (χ1v) is 12.4. The molecular formula is C30H24N2OS. The van der Waals surface area contributed by atoms with E-state index in [1.165, 1.54) is 26.7 Å². The van der Waals surface area contributed by atoms with Crippen LogP contribution in [-0.4, -0.2) is 17.8 Å². The van der Waals surface area contributed by atoms with E-state index in [1.807, 2.05) is 6.07 Å². The first-order chi connectivity index (χ1) is 16.5. The van der Waals surface area contributed by atoms with E-state index in [2.05, 4.69) is 111 Å². The van der Waals surface area contributed by atoms with Crippen molar-refractivity contribution >= 4 is 44.1 Å². The molecular weight excluding hydrogens is 436 g/mol. The third kappa shape index (κ3) is 2.44. The second kappa shape index (κ2) is 6.71. The zero-order valence-electron chi connectivity index (χ0n) is 19.4. The first kappa shape index (κ1) is 19.8. The predicted molar refractivity (Wildman–Crippen MR) is 143 cm³/mol. The molecule has 0 bridgehead atoms. The van der Waals surface area contributed by atoms with Gasteiger partial charge in [-0.05, 0) is 66.6 Å². The average molecular weight is 461 g/mol. The molecule has 3 nitrogen and oxygen atoms in total. The number of aromatic nitrogens is 1. The number of rotatable bonds is 1. The summed E-state index contributed by atoms with van der Waals surface area (Å²) in [6.45, 7) is 4.56. The van der Waals surface area contributed by atoms with Crippen LogP contribution < -0.4 is 9.64 Å². The van der Waals surface area contributed by atoms with Gasteiger partial charge >= 0.3 is 0 Å². The van der Waals surface area contributed by atoms with Gasteiger partial charge in [0.1, 0.15) is 10.8 Å². The Morgan fingerprint density at radius 1 is 0.912 bits per heavy atom. The van der Waals surface area contributed by atoms with Gasteiger partial charge in [-0.25, -0.2) is 4.98 Å². The number of fused-ring (bicyclic) bond motifs is 5. The number of likely N-dealkylation sites (N-methyl/N-ethyl adjacent to an activating group) is 1. The molecule has 2 aliphatic rings. The lowest BCUT2D eigenvalue weighted by Gasteiger charge is -2.46. The number of benzene rings is 4. The van der Waals surface area contributed by atoms with E-state index in [9.17, 15) is 0 Å². The summed E-state index contributed by atoms with van der Waals surface area (Å²) >= 11 is 1.72. The second-order valence-corrected chi connectivity index (χ2v) is 10.7. The van der Waals surface area contributed by atoms with Crippen molar-refractivity contribution in [1.82, 2.24) is 4.98 Å². The lowest BCUT2D eigenvalue weighted by atomic mass is 9.76. The molecule has 3 heterocycles. The van der Waals surface area contributed by atoms with Gasteiger partial charge in [-0.15, -0.1) is 11.3 Å². The summed E-state index contributed by atoms with van der Waals surface area (Å²) < 4.78 is 8.37. The third-order valence-corrected chi connectivity index (χ3v) is 8.70. The Kier molecular flexibility index (Phi) is 3.91. The number of thiazole rings is 1. The van der Waals surface area contributed by atoms with E-state index in [-0.39, 0.29) is 5.41 Å². The van der Waals surface area contributed by atoms with Gasteiger partial charge in [0.2, 0.25) is 5.72 Å². The molecule has 0 saturated heterocycles. The summed E-state index contributed by atoms with van der Waals surface area (Å²) in [7, 11) is 2.14. The molecule has 1 spiro atoms. The highest BCUT2D eigenvalue weighted by Gasteiger charge is 2.57. The minimum absolute atomic E-state index is 0.247. The predicted octanol–water partition coefficient (Wildman–Crippen LogP) is 7.65. The largest absolute Gasteiger partial charge is 0.462 e. The topological polar surface area (TPSA) is 25.4 Å². The molecule has 34 heavy (non-hydrogen) atoms. The fourth-order valence-corrected chi connectivity index (χ4v) is 6.74. The number of para-hydroxylation sites is 2. The molecule has 1 atom stereocenters. The Labute approximate surface area is 202 Å². The molecule has 1 aromatic heterocycles. The number of hydrogen-bond donors (Lipinski definition) is 0. The molecule has 0 saturated carbocycles. The molecule has 0 aliphatic carbocycles. The quantitative estimate of drug-likeness (QED) is 0.257. The van der Waals surface area contributed by atoms with Crippen LogP contribution in [0.3, 0.4) is 0 Å². The first-order valence-electron chi connectivity index (χ1n) is 11.6. The van der Waals surface area contributed by atoms with Crippen LogP contribution in [0.1, 0.15) is 25.0 Å². The number of hydrogen-bond acceptors (Lipinski definition) is 4. The molecule has 0 radical (unpaired) electrons. The van der Waals surface area contributed by atoms with E-state index < -0.39 is 5.72 Å². The maximum atomic E-state index is 7.19. The van der Waals surface area contributed by atoms with Crippen molar-refractivity contribution in [3.05, 3.63) is 96.1 Å². The van der Waals surface area contributed by atoms with Crippen molar-refractivity contribution in [2.75, 3.05) is 11.9 Å². The van der Waals surface area contributed by atoms with Crippen molar-refractivity contribution in [2.45, 2.75) is 25.0 Å². The van der Waals surface area contributed by atoms with E-state index in [4.69, 9.17) is 9.72 Å². The molecule has 0 fully saturated rings. The van der Waals surface area contributed by atoms with E-state index >= 15 is 0 Å². The van der Waals surface area contributed by atoms with Crippen molar-refractivity contribution in [3.8, 4) is 16.3 Å². The minimum atomic E-state index is -0.627. The summed E-state index contributed by atoms with van der Waals surface area (Å²) in [6.07, 6.45) is 4.52. The third-order valence-electron chi connectivity index (χ3n) is 7.63. The lowest BCUT2D eigenvalue weighted by Crippen LogP contribution is -2.58. The van der Waals surface area contributed by atoms with Crippen LogP contribution in [0.4, 0.5) is 5.69 Å². The number of ether oxygens (including phenoxy) is 1. The molecule has 0 N–H and O–H groups in total. The van der Waals surface area contributed by atoms with Gasteiger partial charge in [-0.3, -0.25) is 0 Å². The van der Waals surface area contributed by atoms with Crippen LogP contribution in [0.25, 0.3) is 37.6 Å². The molecule has 166 valence electrons. The van der Waals surface area contributed by atoms with Gasteiger partial charge in [0.15, 0.2) is 0 Å². The van der Waals surface area contributed by atoms with E-state index in [0.717, 1.165) is 27.4 Å². The van der Waals surface area contributed by atoms with Gasteiger partial charge in [0.25, 0.3) is 0 Å². The molecule has 4 heteroatoms. The van der Waals surface area contributed by atoms with Crippen molar-refractivity contribution in [1.29, 1.82) is 0 Å². The Balaban J connectivity index is 1.50. The molecule has 7 rings (SSSR count). The zero-order chi connectivity index (χ0) is 23.1. The molecule has 4 aromatic carbocycles. The minimum Gasteiger partial charge on any atom is -0.462 e. The van der Waals surface area contributed by atoms with Crippen LogP contribution in [0.5, 0.6) is 5.75 Å². The standard InChI is InChI=1S/C30H24N2OS/c1-29(2)23-12-6-8-14-25(23)32(3)30(29)17-16-21-20-11-5-4-10-19(20)18-22(27(21)33-30)28-31-24-13-7-9-15-26(24)34-28/h4-18H,1-3H3. The Hall–Kier alpha value is -3.63. The summed E-state index contributed by atoms with van der Waals surface area (Å²) in [4.78, 5) is 7.30. The smallest absolute Gasteiger partial charge is 0.211 e. The summed E-state index contributed by atoms with van der Waals surface area (Å²) in [6, 6.07) is 27.8. The molecule has 5 aromatic rings. The van der Waals surface area contributed by atoms with Crippen molar-refractivity contribution in [2.24, 2.45) is 0 Å². The fraction of sp³-hybridized carbons (Fsp3) is 0.167. The fourth-order valence-electron chi connectivity index (χ4n) is 5.77. The van der Waals surface area contributed by atoms with Gasteiger partial charge in [0.05, 0.1) is 21.2 Å². The summed E-state index contributed by atoms with van der Waals surface area (Å²) in [5.74, 6) is 0.910. The normalized spacial score (nSPS) is 20.0. The van der Waals surface area contributed by atoms with Gasteiger partial charge in [-0.1, -0.05) is 54.6 Å². The van der Waals surface area contributed by atoms with E-state index in [1.54, 1.807) is 11.3 Å². The summed E-state index contributed by atoms with van der Waals surface area (Å²) in [5, 5.41) is 3.39. The highest BCUT2D eigenvalue weighted by atomic mass is 32.1. The summed E-state index contributed by atoms with van der Waals surface area (Å²) in [5.41, 5.74) is 4.84. The van der Waals surface area contributed by atoms with Crippen molar-refractivity contribution in [3.63, 3.8) is 0 Å². The highest BCUT2D eigenvalue weighted by molar-refractivity contribution is 7.21. The van der Waals surface area contributed by atoms with Crippen molar-refractivity contribution < 1.29 is 4.74 Å². The maximum Gasteiger partial charge on any atom is 0.211 e. The van der Waals surface area contributed by atoms with Gasteiger partial charge in [0, 0.05) is 18.3 Å². The SMILES string of the molecule is CN1c2ccccc2C(C)(C)C12C=Cc1c(c(-c3nc4ccccc4s3)cc3ccccc13)O2. The monoisotopic (exact) mass is 460 g/mol. The van der Waals surface area contributed by atoms with E-state index in [0.29, 0.717) is 0 Å². The van der Waals surface area contributed by atoms with Crippen LogP contribution in [-0.2, 0) is 5.41 Å². The molecule has 1 unspecified atom stereocenters. The van der Waals surface area contributed by atoms with Crippen LogP contribution >= 0.6 is 11.3 Å². The Morgan fingerprint density at radius 3 is 2.53 bits per heavy atom. The lowest BCUT2D eigenvalue weighted by molar-refractivity contribution is 0.0590. The van der Waals surface area contributed by atoms with Gasteiger partial charge in [-0.2, -0.15) is 0 Å². The van der Waals surface area contributed by atoms with Crippen LogP contribution in [0.15, 0.2) is 84.9 Å². The number of anilines is 1. The molecule has 0 amide bonds. The average Bonchev–Trinajstić information content (AvgIpc) is 3.36. The van der Waals surface area contributed by atoms with Crippen LogP contribution in [0.2, 0.25) is 0 Å². The van der Waals surface area contributed by atoms with Gasteiger partial charge < -0.3 is 9.64 Å². The molecule has 2 aliphatic heterocycles. The Bertz CT molecular complexity index is 1610. The maximum absolute atomic E-state index is 7.19. The second-order valence-electron chi connectivity index (χ2n) is 9.71. The Morgan fingerprint density at radius 2 is 1.68 bits per heavy atom. The zero-order valence-corrected chi connectivity index (χ0v) is 20.2.